The zero-order valence-electron chi connectivity index (χ0n) is 13.5. The van der Waals surface area contributed by atoms with E-state index in [0.29, 0.717) is 12.6 Å². The van der Waals surface area contributed by atoms with Gasteiger partial charge in [-0.15, -0.1) is 0 Å². The highest BCUT2D eigenvalue weighted by atomic mass is 16.2. The Morgan fingerprint density at radius 1 is 1.57 bits per heavy atom. The van der Waals surface area contributed by atoms with Crippen molar-refractivity contribution in [2.24, 2.45) is 0 Å². The summed E-state index contributed by atoms with van der Waals surface area (Å²) in [7, 11) is 3.62. The second-order valence-electron chi connectivity index (χ2n) is 5.97. The molecule has 0 aromatic carbocycles. The SMILES string of the molecule is CCC(C)n1ccc(CN2CCNCC2C(=O)N(C)C)n1. The number of hydrogen-bond donors (Lipinski definition) is 1. The number of carbonyl (C=O) groups is 1. The Balaban J connectivity index is 2.05. The Bertz CT molecular complexity index is 470. The molecular formula is C15H27N5O. The molecule has 1 aliphatic heterocycles. The summed E-state index contributed by atoms with van der Waals surface area (Å²) < 4.78 is 2.01. The third kappa shape index (κ3) is 3.83. The maximum atomic E-state index is 12.3. The summed E-state index contributed by atoms with van der Waals surface area (Å²) >= 11 is 0. The molecule has 0 saturated carbocycles. The van der Waals surface area contributed by atoms with Crippen LogP contribution in [-0.2, 0) is 11.3 Å². The summed E-state index contributed by atoms with van der Waals surface area (Å²) in [5, 5.41) is 7.95. The third-order valence-corrected chi connectivity index (χ3v) is 4.15. The van der Waals surface area contributed by atoms with Crippen molar-refractivity contribution in [2.75, 3.05) is 33.7 Å². The van der Waals surface area contributed by atoms with Crippen molar-refractivity contribution in [3.63, 3.8) is 0 Å². The van der Waals surface area contributed by atoms with Gasteiger partial charge in [-0.3, -0.25) is 14.4 Å². The minimum Gasteiger partial charge on any atom is -0.347 e. The molecule has 0 aliphatic carbocycles. The molecule has 0 bridgehead atoms. The zero-order valence-corrected chi connectivity index (χ0v) is 13.5. The number of amides is 1. The molecule has 2 atom stereocenters. The van der Waals surface area contributed by atoms with Gasteiger partial charge >= 0.3 is 0 Å². The van der Waals surface area contributed by atoms with Gasteiger partial charge < -0.3 is 10.2 Å². The number of carbonyl (C=O) groups excluding carboxylic acids is 1. The zero-order chi connectivity index (χ0) is 15.4. The van der Waals surface area contributed by atoms with Gasteiger partial charge in [0.15, 0.2) is 0 Å². The normalized spacial score (nSPS) is 21.2. The fourth-order valence-electron chi connectivity index (χ4n) is 2.58. The van der Waals surface area contributed by atoms with Crippen LogP contribution in [0.2, 0.25) is 0 Å². The first-order valence-corrected chi connectivity index (χ1v) is 7.73. The minimum absolute atomic E-state index is 0.0949. The van der Waals surface area contributed by atoms with Crippen LogP contribution in [-0.4, -0.2) is 65.3 Å². The van der Waals surface area contributed by atoms with Crippen LogP contribution < -0.4 is 5.32 Å². The van der Waals surface area contributed by atoms with Crippen molar-refractivity contribution in [3.05, 3.63) is 18.0 Å². The molecule has 1 N–H and O–H groups in total. The predicted molar refractivity (Wildman–Crippen MR) is 83.0 cm³/mol. The van der Waals surface area contributed by atoms with Gasteiger partial charge in [0.25, 0.3) is 0 Å². The van der Waals surface area contributed by atoms with Gasteiger partial charge in [0, 0.05) is 52.5 Å². The van der Waals surface area contributed by atoms with E-state index in [-0.39, 0.29) is 11.9 Å². The number of nitrogens with one attached hydrogen (secondary N) is 1. The number of nitrogens with zero attached hydrogens (tertiary/aromatic N) is 4. The number of hydrogen-bond acceptors (Lipinski definition) is 4. The van der Waals surface area contributed by atoms with Crippen molar-refractivity contribution in [1.82, 2.24) is 24.9 Å². The fraction of sp³-hybridized carbons (Fsp3) is 0.733. The topological polar surface area (TPSA) is 53.4 Å². The van der Waals surface area contributed by atoms with Crippen molar-refractivity contribution in [2.45, 2.75) is 38.9 Å². The molecule has 21 heavy (non-hydrogen) atoms. The van der Waals surface area contributed by atoms with Gasteiger partial charge in [-0.25, -0.2) is 0 Å². The van der Waals surface area contributed by atoms with Crippen LogP contribution in [0.5, 0.6) is 0 Å². The van der Waals surface area contributed by atoms with E-state index in [1.807, 2.05) is 25.0 Å². The second-order valence-corrected chi connectivity index (χ2v) is 5.97. The van der Waals surface area contributed by atoms with E-state index in [9.17, 15) is 4.79 Å². The molecule has 118 valence electrons. The van der Waals surface area contributed by atoms with Crippen LogP contribution in [0.4, 0.5) is 0 Å². The summed E-state index contributed by atoms with van der Waals surface area (Å²) in [4.78, 5) is 16.2. The Morgan fingerprint density at radius 3 is 3.00 bits per heavy atom. The second kappa shape index (κ2) is 7.04. The lowest BCUT2D eigenvalue weighted by Crippen LogP contribution is -2.57. The first kappa shape index (κ1) is 16.0. The quantitative estimate of drug-likeness (QED) is 0.869. The van der Waals surface area contributed by atoms with E-state index in [2.05, 4.69) is 35.2 Å². The van der Waals surface area contributed by atoms with E-state index in [1.54, 1.807) is 4.90 Å². The first-order chi connectivity index (χ1) is 10.0. The number of likely N-dealkylation sites (N-methyl/N-ethyl adjacent to an activating group) is 1. The van der Waals surface area contributed by atoms with Crippen LogP contribution in [0, 0.1) is 0 Å². The molecule has 1 aliphatic rings. The fourth-order valence-corrected chi connectivity index (χ4v) is 2.58. The Labute approximate surface area is 127 Å². The summed E-state index contributed by atoms with van der Waals surface area (Å²) in [6.45, 7) is 7.57. The van der Waals surface area contributed by atoms with Crippen molar-refractivity contribution >= 4 is 5.91 Å². The molecule has 6 heteroatoms. The molecule has 2 unspecified atom stereocenters. The summed E-state index contributed by atoms with van der Waals surface area (Å²) in [6.07, 6.45) is 3.10. The van der Waals surface area contributed by atoms with Gasteiger partial charge in [-0.1, -0.05) is 6.92 Å². The van der Waals surface area contributed by atoms with Gasteiger partial charge in [0.2, 0.25) is 5.91 Å². The molecule has 1 aromatic heterocycles. The van der Waals surface area contributed by atoms with Crippen LogP contribution >= 0.6 is 0 Å². The molecule has 2 heterocycles. The van der Waals surface area contributed by atoms with Crippen molar-refractivity contribution in [3.8, 4) is 0 Å². The lowest BCUT2D eigenvalue weighted by Gasteiger charge is -2.35. The molecule has 2 rings (SSSR count). The lowest BCUT2D eigenvalue weighted by atomic mass is 10.1. The number of piperazine rings is 1. The highest BCUT2D eigenvalue weighted by molar-refractivity contribution is 5.81. The van der Waals surface area contributed by atoms with Crippen LogP contribution in [0.3, 0.4) is 0 Å². The molecule has 1 saturated heterocycles. The Morgan fingerprint density at radius 2 is 2.33 bits per heavy atom. The van der Waals surface area contributed by atoms with E-state index in [1.165, 1.54) is 0 Å². The maximum absolute atomic E-state index is 12.3. The van der Waals surface area contributed by atoms with Crippen LogP contribution in [0.25, 0.3) is 0 Å². The number of aromatic nitrogens is 2. The Hall–Kier alpha value is -1.40. The van der Waals surface area contributed by atoms with E-state index in [0.717, 1.165) is 31.7 Å². The summed E-state index contributed by atoms with van der Waals surface area (Å²) in [5.74, 6) is 0.156. The van der Waals surface area contributed by atoms with Crippen LogP contribution in [0.15, 0.2) is 12.3 Å². The number of rotatable bonds is 5. The molecule has 1 amide bonds. The van der Waals surface area contributed by atoms with Crippen molar-refractivity contribution in [1.29, 1.82) is 0 Å². The molecule has 0 spiro atoms. The first-order valence-electron chi connectivity index (χ1n) is 7.73. The predicted octanol–water partition coefficient (Wildman–Crippen LogP) is 0.716. The molecule has 1 fully saturated rings. The van der Waals surface area contributed by atoms with E-state index < -0.39 is 0 Å². The highest BCUT2D eigenvalue weighted by Gasteiger charge is 2.30. The summed E-state index contributed by atoms with van der Waals surface area (Å²) in [6, 6.07) is 2.38. The van der Waals surface area contributed by atoms with Gasteiger partial charge in [0.1, 0.15) is 6.04 Å². The molecule has 0 radical (unpaired) electrons. The van der Waals surface area contributed by atoms with Crippen LogP contribution in [0.1, 0.15) is 32.0 Å². The van der Waals surface area contributed by atoms with Gasteiger partial charge in [-0.2, -0.15) is 5.10 Å². The minimum atomic E-state index is -0.0949. The van der Waals surface area contributed by atoms with E-state index in [4.69, 9.17) is 0 Å². The van der Waals surface area contributed by atoms with Gasteiger partial charge in [0.05, 0.1) is 5.69 Å². The largest absolute Gasteiger partial charge is 0.347 e. The molecular weight excluding hydrogens is 266 g/mol. The molecule has 6 nitrogen and oxygen atoms in total. The van der Waals surface area contributed by atoms with Crippen molar-refractivity contribution < 1.29 is 4.79 Å². The lowest BCUT2D eigenvalue weighted by molar-refractivity contribution is -0.135. The van der Waals surface area contributed by atoms with E-state index >= 15 is 0 Å². The Kier molecular flexibility index (Phi) is 5.36. The smallest absolute Gasteiger partial charge is 0.240 e. The average Bonchev–Trinajstić information content (AvgIpc) is 2.94. The highest BCUT2D eigenvalue weighted by Crippen LogP contribution is 2.13. The monoisotopic (exact) mass is 293 g/mol. The summed E-state index contributed by atoms with van der Waals surface area (Å²) in [5.41, 5.74) is 1.04. The maximum Gasteiger partial charge on any atom is 0.240 e. The third-order valence-electron chi connectivity index (χ3n) is 4.15. The molecule has 1 aromatic rings. The van der Waals surface area contributed by atoms with Gasteiger partial charge in [-0.05, 0) is 19.4 Å². The standard InChI is InChI=1S/C15H27N5O/c1-5-12(2)20-8-6-13(17-20)11-19-9-7-16-10-14(19)15(21)18(3)4/h6,8,12,14,16H,5,7,9-11H2,1-4H3. The average molecular weight is 293 g/mol.